The summed E-state index contributed by atoms with van der Waals surface area (Å²) in [6.45, 7) is 1.42. The number of carboxylic acids is 4. The highest BCUT2D eigenvalue weighted by atomic mass is 16.4. The third kappa shape index (κ3) is 17.4. The molecule has 3 rings (SSSR count). The number of aromatic amines is 1. The minimum absolute atomic E-state index is 0.0110. The minimum atomic E-state index is -1.86. The maximum absolute atomic E-state index is 13.4. The molecule has 0 radical (unpaired) electrons. The average Bonchev–Trinajstić information content (AvgIpc) is 3.21. The molecule has 0 saturated carbocycles. The van der Waals surface area contributed by atoms with Crippen LogP contribution >= 0.6 is 0 Å². The lowest BCUT2D eigenvalue weighted by Gasteiger charge is -2.25. The highest BCUT2D eigenvalue weighted by molar-refractivity contribution is 5.98. The Morgan fingerprint density at radius 1 is 0.754 bits per heavy atom. The van der Waals surface area contributed by atoms with Gasteiger partial charge in [-0.3, -0.25) is 53.5 Å². The van der Waals surface area contributed by atoms with Crippen LogP contribution in [-0.2, 0) is 44.9 Å². The van der Waals surface area contributed by atoms with Gasteiger partial charge in [0.15, 0.2) is 17.1 Å². The van der Waals surface area contributed by atoms with Crippen LogP contribution in [0.4, 0.5) is 11.6 Å². The molecule has 5 atom stereocenters. The topological polar surface area (TPSA) is 466 Å². The van der Waals surface area contributed by atoms with E-state index in [9.17, 15) is 63.3 Å². The van der Waals surface area contributed by atoms with E-state index >= 15 is 0 Å². The average molecular weight is 913 g/mol. The highest BCUT2D eigenvalue weighted by Gasteiger charge is 2.32. The quantitative estimate of drug-likeness (QED) is 0.0211. The van der Waals surface area contributed by atoms with Gasteiger partial charge in [0.2, 0.25) is 29.6 Å². The van der Waals surface area contributed by atoms with E-state index in [4.69, 9.17) is 22.0 Å². The fourth-order valence-corrected chi connectivity index (χ4v) is 5.80. The molecule has 28 heteroatoms. The second kappa shape index (κ2) is 24.2. The Hall–Kier alpha value is -8.46. The zero-order chi connectivity index (χ0) is 48.4. The van der Waals surface area contributed by atoms with Gasteiger partial charge in [-0.1, -0.05) is 0 Å². The molecule has 0 aliphatic rings. The number of aliphatic carboxylic acids is 4. The predicted molar refractivity (Wildman–Crippen MR) is 224 cm³/mol. The van der Waals surface area contributed by atoms with E-state index < -0.39 is 127 Å². The summed E-state index contributed by atoms with van der Waals surface area (Å²) < 4.78 is 0. The second-order valence-electron chi connectivity index (χ2n) is 14.2. The van der Waals surface area contributed by atoms with Gasteiger partial charge in [-0.15, -0.1) is 0 Å². The van der Waals surface area contributed by atoms with Crippen LogP contribution in [0.25, 0.3) is 11.2 Å². The third-order valence-electron chi connectivity index (χ3n) is 8.90. The number of aromatic nitrogens is 4. The summed E-state index contributed by atoms with van der Waals surface area (Å²) in [4.78, 5) is 139. The van der Waals surface area contributed by atoms with Crippen molar-refractivity contribution in [2.75, 3.05) is 17.6 Å². The van der Waals surface area contributed by atoms with Gasteiger partial charge in [-0.25, -0.2) is 14.8 Å². The van der Waals surface area contributed by atoms with Crippen molar-refractivity contribution < 1.29 is 63.6 Å². The van der Waals surface area contributed by atoms with Crippen LogP contribution in [0.5, 0.6) is 0 Å². The summed E-state index contributed by atoms with van der Waals surface area (Å²) in [5.41, 5.74) is 11.2. The van der Waals surface area contributed by atoms with E-state index in [0.29, 0.717) is 11.4 Å². The summed E-state index contributed by atoms with van der Waals surface area (Å²) in [6.07, 6.45) is -2.57. The number of H-pyrrole nitrogens is 1. The first-order chi connectivity index (χ1) is 30.6. The van der Waals surface area contributed by atoms with Crippen LogP contribution in [-0.4, -0.2) is 136 Å². The van der Waals surface area contributed by atoms with E-state index in [2.05, 4.69) is 57.2 Å². The number of carbonyl (C=O) groups is 9. The van der Waals surface area contributed by atoms with Crippen molar-refractivity contribution in [3.8, 4) is 0 Å². The number of anilines is 2. The molecule has 0 fully saturated rings. The Morgan fingerprint density at radius 3 is 1.94 bits per heavy atom. The molecule has 0 aliphatic heterocycles. The second-order valence-corrected chi connectivity index (χ2v) is 14.2. The van der Waals surface area contributed by atoms with Gasteiger partial charge in [-0.05, 0) is 50.5 Å². The van der Waals surface area contributed by atoms with Crippen molar-refractivity contribution >= 4 is 82.2 Å². The van der Waals surface area contributed by atoms with Gasteiger partial charge in [0.05, 0.1) is 37.7 Å². The third-order valence-corrected chi connectivity index (χ3v) is 8.90. The Bertz CT molecular complexity index is 2340. The van der Waals surface area contributed by atoms with Gasteiger partial charge in [0.1, 0.15) is 24.2 Å². The maximum Gasteiger partial charge on any atom is 0.326 e. The first-order valence-electron chi connectivity index (χ1n) is 19.4. The van der Waals surface area contributed by atoms with Gasteiger partial charge < -0.3 is 69.1 Å². The first-order valence-corrected chi connectivity index (χ1v) is 19.4. The van der Waals surface area contributed by atoms with Crippen LogP contribution in [0.1, 0.15) is 67.9 Å². The summed E-state index contributed by atoms with van der Waals surface area (Å²) in [5.74, 6) is -11.7. The predicted octanol–water partition coefficient (Wildman–Crippen LogP) is -3.48. The number of carboxylic acid groups (broad SMARTS) is 4. The number of nitrogen functional groups attached to an aromatic ring is 1. The molecule has 28 nitrogen and oxygen atoms in total. The summed E-state index contributed by atoms with van der Waals surface area (Å²) in [6, 6.07) is -2.10. The number of nitrogens with one attached hydrogen (secondary N) is 9. The van der Waals surface area contributed by atoms with Crippen molar-refractivity contribution in [1.29, 1.82) is 5.41 Å². The number of benzene rings is 1. The van der Waals surface area contributed by atoms with Crippen molar-refractivity contribution in [3.05, 3.63) is 52.1 Å². The number of rotatable bonds is 26. The molecule has 2 aromatic heterocycles. The maximum atomic E-state index is 13.4. The van der Waals surface area contributed by atoms with Crippen molar-refractivity contribution in [3.63, 3.8) is 0 Å². The number of hydrogen-bond acceptors (Lipinski definition) is 16. The molecule has 5 amide bonds. The minimum Gasteiger partial charge on any atom is -0.481 e. The monoisotopic (exact) mass is 912 g/mol. The van der Waals surface area contributed by atoms with Crippen LogP contribution in [0, 0.1) is 5.41 Å². The molecule has 0 unspecified atom stereocenters. The Labute approximate surface area is 366 Å². The molecule has 0 spiro atoms. The zero-order valence-electron chi connectivity index (χ0n) is 34.5. The number of nitrogens with two attached hydrogens (primary N) is 2. The summed E-state index contributed by atoms with van der Waals surface area (Å²) >= 11 is 0. The molecule has 1 aromatic carbocycles. The smallest absolute Gasteiger partial charge is 0.326 e. The van der Waals surface area contributed by atoms with Crippen LogP contribution in [0.3, 0.4) is 0 Å². The lowest BCUT2D eigenvalue weighted by atomic mass is 10.1. The lowest BCUT2D eigenvalue weighted by molar-refractivity contribution is -0.142. The molecule has 2 heterocycles. The van der Waals surface area contributed by atoms with Crippen LogP contribution in [0.15, 0.2) is 35.3 Å². The van der Waals surface area contributed by atoms with Crippen molar-refractivity contribution in [2.45, 2.75) is 88.6 Å². The summed E-state index contributed by atoms with van der Waals surface area (Å²) in [5, 5.41) is 61.6. The van der Waals surface area contributed by atoms with E-state index in [0.717, 1.165) is 0 Å². The van der Waals surface area contributed by atoms with Gasteiger partial charge >= 0.3 is 23.9 Å². The van der Waals surface area contributed by atoms with Gasteiger partial charge in [0.25, 0.3) is 11.5 Å². The molecule has 0 bridgehead atoms. The molecular formula is C37H48N14O14. The molecular weight excluding hydrogens is 864 g/mol. The molecule has 65 heavy (non-hydrogen) atoms. The lowest BCUT2D eigenvalue weighted by Crippen LogP contribution is -2.58. The standard InChI is InChI=1S/C37H48N14O14/c1-16(11-25(53)54)44-32(61)23(13-27(57)58)49-31(60)20(3-2-10-41-36(38)39)47-33(62)22(12-26(55)56)46-24(52)9-8-21(35(64)65)48-30(59)17-4-6-18(7-5-17)42-14-19-15-43-29-28(45-19)34(63)51-37(40)50-29/h4-7,15-16,20-23,42H,2-3,8-14H2,1H3,(H,44,61)(H,46,52)(H,47,62)(H,48,59)(H,49,60)(H,53,54)(H,55,56)(H,57,58)(H,64,65)(H4,38,39,41)(H3,40,43,50,51,63)/t16-,20+,21+,22+,23+/m1/s1. The summed E-state index contributed by atoms with van der Waals surface area (Å²) in [7, 11) is 0. The fraction of sp³-hybridized carbons (Fsp3) is 0.405. The number of fused-ring (bicyclic) bond motifs is 1. The normalized spacial score (nSPS) is 13.1. The number of hydrogen-bond donors (Lipinski definition) is 15. The molecule has 17 N–H and O–H groups in total. The first kappa shape index (κ1) is 50.9. The Morgan fingerprint density at radius 2 is 1.34 bits per heavy atom. The number of guanidine groups is 1. The van der Waals surface area contributed by atoms with Crippen LogP contribution in [0.2, 0.25) is 0 Å². The molecule has 350 valence electrons. The van der Waals surface area contributed by atoms with E-state index in [1.807, 2.05) is 0 Å². The van der Waals surface area contributed by atoms with Gasteiger partial charge in [-0.2, -0.15) is 4.98 Å². The van der Waals surface area contributed by atoms with Crippen molar-refractivity contribution in [1.82, 2.24) is 51.8 Å². The van der Waals surface area contributed by atoms with E-state index in [-0.39, 0.29) is 48.6 Å². The Balaban J connectivity index is 1.65. The number of nitrogens with zero attached hydrogens (tertiary/aromatic N) is 3. The largest absolute Gasteiger partial charge is 0.481 e. The number of amides is 5. The van der Waals surface area contributed by atoms with Crippen molar-refractivity contribution in [2.24, 2.45) is 5.73 Å². The molecule has 0 aliphatic carbocycles. The fourth-order valence-electron chi connectivity index (χ4n) is 5.80. The number of carbonyl (C=O) groups excluding carboxylic acids is 5. The highest BCUT2D eigenvalue weighted by Crippen LogP contribution is 2.13. The van der Waals surface area contributed by atoms with Crippen LogP contribution < -0.4 is 54.2 Å². The Kier molecular flexibility index (Phi) is 19.0. The van der Waals surface area contributed by atoms with E-state index in [1.54, 1.807) is 0 Å². The molecule has 3 aromatic rings. The van der Waals surface area contributed by atoms with E-state index in [1.165, 1.54) is 37.4 Å². The van der Waals surface area contributed by atoms with Gasteiger partial charge in [0, 0.05) is 30.3 Å². The zero-order valence-corrected chi connectivity index (χ0v) is 34.5. The SMILES string of the molecule is C[C@H](CC(=O)O)NC(=O)[C@H](CC(=O)O)NC(=O)[C@H](CCCNC(=N)N)NC(=O)[C@H](CC(=O)O)NC(=O)CC[C@H](NC(=O)c1ccc(NCc2cnc3nc(N)[nH]c(=O)c3n2)cc1)C(=O)O. The molecule has 0 saturated heterocycles.